The molecule has 7 heteroatoms. The molecule has 0 saturated heterocycles. The van der Waals surface area contributed by atoms with Gasteiger partial charge in [-0.2, -0.15) is 5.10 Å². The second-order valence-corrected chi connectivity index (χ2v) is 7.23. The molecule has 4 rings (SSSR count). The van der Waals surface area contributed by atoms with Gasteiger partial charge in [-0.1, -0.05) is 42.5 Å². The first-order valence-corrected chi connectivity index (χ1v) is 9.63. The van der Waals surface area contributed by atoms with Gasteiger partial charge >= 0.3 is 0 Å². The van der Waals surface area contributed by atoms with E-state index in [1.165, 1.54) is 18.3 Å². The Labute approximate surface area is 174 Å². The van der Waals surface area contributed by atoms with Crippen LogP contribution < -0.4 is 5.32 Å². The van der Waals surface area contributed by atoms with E-state index < -0.39 is 0 Å². The average molecular weight is 403 g/mol. The lowest BCUT2D eigenvalue weighted by Crippen LogP contribution is -2.34. The maximum absolute atomic E-state index is 13.6. The zero-order valence-electron chi connectivity index (χ0n) is 16.8. The van der Waals surface area contributed by atoms with Crippen molar-refractivity contribution in [2.75, 3.05) is 20.6 Å². The van der Waals surface area contributed by atoms with Crippen LogP contribution >= 0.6 is 0 Å². The lowest BCUT2D eigenvalue weighted by molar-refractivity contribution is 0.0943. The maximum atomic E-state index is 13.6. The maximum Gasteiger partial charge on any atom is 0.256 e. The van der Waals surface area contributed by atoms with Crippen LogP contribution in [-0.2, 0) is 0 Å². The molecule has 1 N–H and O–H groups in total. The van der Waals surface area contributed by atoms with Gasteiger partial charge in [0, 0.05) is 18.3 Å². The van der Waals surface area contributed by atoms with Crippen molar-refractivity contribution in [3.63, 3.8) is 0 Å². The van der Waals surface area contributed by atoms with E-state index in [1.807, 2.05) is 61.5 Å². The molecule has 1 amide bonds. The molecule has 0 bridgehead atoms. The van der Waals surface area contributed by atoms with E-state index in [0.717, 1.165) is 16.8 Å². The third kappa shape index (κ3) is 3.92. The van der Waals surface area contributed by atoms with Crippen molar-refractivity contribution in [2.45, 2.75) is 6.04 Å². The number of hydrogen-bond acceptors (Lipinski definition) is 4. The van der Waals surface area contributed by atoms with E-state index in [-0.39, 0.29) is 17.8 Å². The first-order valence-electron chi connectivity index (χ1n) is 9.63. The fourth-order valence-electron chi connectivity index (χ4n) is 3.48. The molecule has 2 aromatic carbocycles. The lowest BCUT2D eigenvalue weighted by Gasteiger charge is -2.25. The number of nitrogens with one attached hydrogen (secondary N) is 1. The molecule has 0 aliphatic heterocycles. The molecule has 0 aliphatic rings. The number of fused-ring (bicyclic) bond motifs is 1. The molecule has 1 atom stereocenters. The van der Waals surface area contributed by atoms with Gasteiger partial charge in [0.1, 0.15) is 11.4 Å². The normalized spacial score (nSPS) is 12.3. The summed E-state index contributed by atoms with van der Waals surface area (Å²) in [5, 5.41) is 7.32. The van der Waals surface area contributed by atoms with Gasteiger partial charge in [-0.05, 0) is 37.9 Å². The second kappa shape index (κ2) is 8.42. The fraction of sp³-hybridized carbons (Fsp3) is 0.174. The van der Waals surface area contributed by atoms with Crippen molar-refractivity contribution in [2.24, 2.45) is 0 Å². The number of aromatic nitrogens is 3. The van der Waals surface area contributed by atoms with Crippen molar-refractivity contribution < 1.29 is 9.18 Å². The lowest BCUT2D eigenvalue weighted by atomic mass is 10.1. The van der Waals surface area contributed by atoms with Crippen LogP contribution in [0, 0.1) is 5.82 Å². The van der Waals surface area contributed by atoms with Gasteiger partial charge in [-0.25, -0.2) is 13.9 Å². The number of benzene rings is 2. The molecule has 0 fully saturated rings. The standard InChI is InChI=1S/C23H22FN5O/c1-28(2)21(17-9-6-10-18(24)13-17)15-26-23(30)19-14-27-29-20(11-12-25-22(19)29)16-7-4-3-5-8-16/h3-14,21H,15H2,1-2H3,(H,26,30). The first kappa shape index (κ1) is 19.7. The molecule has 4 aromatic rings. The molecule has 2 aromatic heterocycles. The Hall–Kier alpha value is -3.58. The van der Waals surface area contributed by atoms with Gasteiger partial charge in [0.25, 0.3) is 5.91 Å². The predicted molar refractivity (Wildman–Crippen MR) is 114 cm³/mol. The summed E-state index contributed by atoms with van der Waals surface area (Å²) >= 11 is 0. The summed E-state index contributed by atoms with van der Waals surface area (Å²) in [7, 11) is 3.79. The summed E-state index contributed by atoms with van der Waals surface area (Å²) in [6.45, 7) is 0.324. The van der Waals surface area contributed by atoms with Crippen LogP contribution in [0.5, 0.6) is 0 Å². The summed E-state index contributed by atoms with van der Waals surface area (Å²) in [6.07, 6.45) is 3.20. The number of rotatable bonds is 6. The Morgan fingerprint density at radius 3 is 2.67 bits per heavy atom. The molecule has 2 heterocycles. The highest BCUT2D eigenvalue weighted by molar-refractivity contribution is 5.99. The first-order chi connectivity index (χ1) is 14.5. The highest BCUT2D eigenvalue weighted by Gasteiger charge is 2.20. The van der Waals surface area contributed by atoms with E-state index in [9.17, 15) is 9.18 Å². The van der Waals surface area contributed by atoms with Crippen LogP contribution in [0.25, 0.3) is 16.9 Å². The minimum Gasteiger partial charge on any atom is -0.350 e. The Balaban J connectivity index is 1.58. The monoisotopic (exact) mass is 403 g/mol. The number of carbonyl (C=O) groups excluding carboxylic acids is 1. The molecule has 152 valence electrons. The van der Waals surface area contributed by atoms with E-state index in [2.05, 4.69) is 15.4 Å². The van der Waals surface area contributed by atoms with Crippen LogP contribution in [0.3, 0.4) is 0 Å². The van der Waals surface area contributed by atoms with Crippen molar-refractivity contribution in [3.8, 4) is 11.3 Å². The highest BCUT2D eigenvalue weighted by Crippen LogP contribution is 2.21. The molecule has 0 aliphatic carbocycles. The SMILES string of the molecule is CN(C)C(CNC(=O)c1cnn2c(-c3ccccc3)ccnc12)c1cccc(F)c1. The van der Waals surface area contributed by atoms with Crippen molar-refractivity contribution in [1.82, 2.24) is 24.8 Å². The minimum atomic E-state index is -0.300. The quantitative estimate of drug-likeness (QED) is 0.535. The highest BCUT2D eigenvalue weighted by atomic mass is 19.1. The largest absolute Gasteiger partial charge is 0.350 e. The molecule has 30 heavy (non-hydrogen) atoms. The van der Waals surface area contributed by atoms with E-state index in [1.54, 1.807) is 16.8 Å². The van der Waals surface area contributed by atoms with E-state index in [0.29, 0.717) is 17.8 Å². The van der Waals surface area contributed by atoms with Gasteiger partial charge in [0.2, 0.25) is 0 Å². The molecule has 1 unspecified atom stereocenters. The zero-order chi connectivity index (χ0) is 21.1. The van der Waals surface area contributed by atoms with Crippen molar-refractivity contribution in [1.29, 1.82) is 0 Å². The Kier molecular flexibility index (Phi) is 5.54. The fourth-order valence-corrected chi connectivity index (χ4v) is 3.48. The molecule has 0 saturated carbocycles. The summed E-state index contributed by atoms with van der Waals surface area (Å²) in [6, 6.07) is 17.9. The van der Waals surface area contributed by atoms with E-state index >= 15 is 0 Å². The molecular weight excluding hydrogens is 381 g/mol. The number of likely N-dealkylation sites (N-methyl/N-ethyl adjacent to an activating group) is 1. The van der Waals surface area contributed by atoms with Crippen LogP contribution in [0.15, 0.2) is 73.1 Å². The van der Waals surface area contributed by atoms with E-state index in [4.69, 9.17) is 0 Å². The summed E-state index contributed by atoms with van der Waals surface area (Å²) in [5.74, 6) is -0.572. The van der Waals surface area contributed by atoms with Gasteiger partial charge < -0.3 is 10.2 Å². The second-order valence-electron chi connectivity index (χ2n) is 7.23. The average Bonchev–Trinajstić information content (AvgIpc) is 3.18. The molecular formula is C23H22FN5O. The summed E-state index contributed by atoms with van der Waals surface area (Å²) in [4.78, 5) is 19.2. The van der Waals surface area contributed by atoms with Crippen molar-refractivity contribution >= 4 is 11.6 Å². The summed E-state index contributed by atoms with van der Waals surface area (Å²) in [5.41, 5.74) is 3.51. The Bertz CT molecular complexity index is 1170. The van der Waals surface area contributed by atoms with Crippen LogP contribution in [0.1, 0.15) is 22.0 Å². The third-order valence-electron chi connectivity index (χ3n) is 5.03. The van der Waals surface area contributed by atoms with Crippen LogP contribution in [0.2, 0.25) is 0 Å². The van der Waals surface area contributed by atoms with Gasteiger partial charge in [0.05, 0.1) is 17.9 Å². The predicted octanol–water partition coefficient (Wildman–Crippen LogP) is 3.57. The zero-order valence-corrected chi connectivity index (χ0v) is 16.8. The Morgan fingerprint density at radius 1 is 1.13 bits per heavy atom. The molecule has 6 nitrogen and oxygen atoms in total. The smallest absolute Gasteiger partial charge is 0.256 e. The summed E-state index contributed by atoms with van der Waals surface area (Å²) < 4.78 is 15.3. The number of amides is 1. The van der Waals surface area contributed by atoms with Crippen LogP contribution in [0.4, 0.5) is 4.39 Å². The van der Waals surface area contributed by atoms with Gasteiger partial charge in [-0.3, -0.25) is 4.79 Å². The topological polar surface area (TPSA) is 62.5 Å². The van der Waals surface area contributed by atoms with Gasteiger partial charge in [0.15, 0.2) is 5.65 Å². The third-order valence-corrected chi connectivity index (χ3v) is 5.03. The Morgan fingerprint density at radius 2 is 1.93 bits per heavy atom. The minimum absolute atomic E-state index is 0.167. The van der Waals surface area contributed by atoms with Crippen molar-refractivity contribution in [3.05, 3.63) is 90.0 Å². The number of carbonyl (C=O) groups is 1. The number of hydrogen-bond donors (Lipinski definition) is 1. The number of halogens is 1. The number of nitrogens with zero attached hydrogens (tertiary/aromatic N) is 4. The van der Waals surface area contributed by atoms with Crippen LogP contribution in [-0.4, -0.2) is 46.0 Å². The molecule has 0 spiro atoms. The van der Waals surface area contributed by atoms with Gasteiger partial charge in [-0.15, -0.1) is 0 Å². The molecule has 0 radical (unpaired) electrons.